The van der Waals surface area contributed by atoms with Crippen molar-refractivity contribution in [1.29, 1.82) is 0 Å². The fourth-order valence-electron chi connectivity index (χ4n) is 2.07. The van der Waals surface area contributed by atoms with E-state index in [0.717, 1.165) is 0 Å². The van der Waals surface area contributed by atoms with Crippen LogP contribution in [0.15, 0.2) is 18.3 Å². The van der Waals surface area contributed by atoms with E-state index in [4.69, 9.17) is 10.5 Å². The maximum atomic E-state index is 12.2. The Morgan fingerprint density at radius 3 is 2.45 bits per heavy atom. The molecule has 0 bridgehead atoms. The zero-order chi connectivity index (χ0) is 14.5. The number of ether oxygens (including phenoxy) is 1. The zero-order valence-electron chi connectivity index (χ0n) is 11.4. The number of nitrogens with two attached hydrogens (primary N) is 1. The SMILES string of the molecule is COCC(=O)N1CCN(C(=O)c2ccc(N)cn2)CC1. The van der Waals surface area contributed by atoms with Crippen LogP contribution in [0.4, 0.5) is 5.69 Å². The van der Waals surface area contributed by atoms with Gasteiger partial charge in [0.15, 0.2) is 0 Å². The van der Waals surface area contributed by atoms with Crippen LogP contribution in [0.2, 0.25) is 0 Å². The number of nitrogen functional groups attached to an aromatic ring is 1. The van der Waals surface area contributed by atoms with Crippen molar-refractivity contribution in [2.24, 2.45) is 0 Å². The molecule has 2 amide bonds. The molecule has 1 fully saturated rings. The fourth-order valence-corrected chi connectivity index (χ4v) is 2.07. The normalized spacial score (nSPS) is 15.2. The van der Waals surface area contributed by atoms with Gasteiger partial charge >= 0.3 is 0 Å². The molecule has 7 nitrogen and oxygen atoms in total. The second kappa shape index (κ2) is 6.33. The number of piperazine rings is 1. The minimum atomic E-state index is -0.135. The monoisotopic (exact) mass is 278 g/mol. The molecular formula is C13H18N4O3. The van der Waals surface area contributed by atoms with Gasteiger partial charge in [-0.3, -0.25) is 9.59 Å². The van der Waals surface area contributed by atoms with Gasteiger partial charge in [-0.2, -0.15) is 0 Å². The second-order valence-corrected chi connectivity index (χ2v) is 4.58. The number of anilines is 1. The van der Waals surface area contributed by atoms with Gasteiger partial charge in [0.1, 0.15) is 12.3 Å². The number of hydrogen-bond acceptors (Lipinski definition) is 5. The second-order valence-electron chi connectivity index (χ2n) is 4.58. The summed E-state index contributed by atoms with van der Waals surface area (Å²) >= 11 is 0. The average Bonchev–Trinajstić information content (AvgIpc) is 2.48. The maximum absolute atomic E-state index is 12.2. The Hall–Kier alpha value is -2.15. The molecule has 1 aromatic rings. The predicted molar refractivity (Wildman–Crippen MR) is 73.0 cm³/mol. The third-order valence-corrected chi connectivity index (χ3v) is 3.19. The molecule has 7 heteroatoms. The molecule has 0 radical (unpaired) electrons. The van der Waals surface area contributed by atoms with Crippen LogP contribution in [0, 0.1) is 0 Å². The Morgan fingerprint density at radius 2 is 1.90 bits per heavy atom. The summed E-state index contributed by atoms with van der Waals surface area (Å²) in [5, 5.41) is 0. The van der Waals surface area contributed by atoms with Gasteiger partial charge < -0.3 is 20.3 Å². The number of amides is 2. The Balaban J connectivity index is 1.92. The molecule has 2 rings (SSSR count). The molecule has 0 spiro atoms. The molecule has 1 saturated heterocycles. The molecule has 108 valence electrons. The highest BCUT2D eigenvalue weighted by molar-refractivity contribution is 5.92. The number of methoxy groups -OCH3 is 1. The summed E-state index contributed by atoms with van der Waals surface area (Å²) in [5.74, 6) is -0.186. The largest absolute Gasteiger partial charge is 0.397 e. The third kappa shape index (κ3) is 3.24. The predicted octanol–water partition coefficient (Wildman–Crippen LogP) is -0.405. The van der Waals surface area contributed by atoms with E-state index in [9.17, 15) is 9.59 Å². The van der Waals surface area contributed by atoms with E-state index < -0.39 is 0 Å². The summed E-state index contributed by atoms with van der Waals surface area (Å²) in [4.78, 5) is 31.3. The Morgan fingerprint density at radius 1 is 1.25 bits per heavy atom. The molecule has 20 heavy (non-hydrogen) atoms. The Bertz CT molecular complexity index is 481. The summed E-state index contributed by atoms with van der Waals surface area (Å²) in [5.41, 5.74) is 6.44. The van der Waals surface area contributed by atoms with E-state index in [0.29, 0.717) is 37.6 Å². The lowest BCUT2D eigenvalue weighted by molar-refractivity contribution is -0.136. The molecule has 1 aliphatic rings. The molecule has 1 aromatic heterocycles. The maximum Gasteiger partial charge on any atom is 0.272 e. The number of pyridine rings is 1. The van der Waals surface area contributed by atoms with E-state index >= 15 is 0 Å². The van der Waals surface area contributed by atoms with Crippen molar-refractivity contribution in [1.82, 2.24) is 14.8 Å². The fraction of sp³-hybridized carbons (Fsp3) is 0.462. The van der Waals surface area contributed by atoms with Crippen LogP contribution < -0.4 is 5.73 Å². The summed E-state index contributed by atoms with van der Waals surface area (Å²) in [6.45, 7) is 2.11. The summed E-state index contributed by atoms with van der Waals surface area (Å²) in [6, 6.07) is 3.26. The van der Waals surface area contributed by atoms with Gasteiger partial charge in [0.25, 0.3) is 5.91 Å². The van der Waals surface area contributed by atoms with E-state index in [1.54, 1.807) is 21.9 Å². The highest BCUT2D eigenvalue weighted by atomic mass is 16.5. The van der Waals surface area contributed by atoms with Crippen LogP contribution >= 0.6 is 0 Å². The van der Waals surface area contributed by atoms with Crippen LogP contribution in [-0.2, 0) is 9.53 Å². The molecule has 0 unspecified atom stereocenters. The first kappa shape index (κ1) is 14.3. The number of hydrogen-bond donors (Lipinski definition) is 1. The van der Waals surface area contributed by atoms with E-state index in [1.807, 2.05) is 0 Å². The molecule has 2 N–H and O–H groups in total. The van der Waals surface area contributed by atoms with E-state index in [-0.39, 0.29) is 18.4 Å². The minimum absolute atomic E-state index is 0.0507. The van der Waals surface area contributed by atoms with E-state index in [1.165, 1.54) is 13.3 Å². The van der Waals surface area contributed by atoms with Gasteiger partial charge in [-0.05, 0) is 12.1 Å². The topological polar surface area (TPSA) is 88.8 Å². The van der Waals surface area contributed by atoms with Gasteiger partial charge in [0.2, 0.25) is 5.91 Å². The molecule has 1 aliphatic heterocycles. The first-order chi connectivity index (χ1) is 9.61. The molecule has 0 aromatic carbocycles. The highest BCUT2D eigenvalue weighted by Gasteiger charge is 2.25. The number of rotatable bonds is 3. The van der Waals surface area contributed by atoms with Crippen molar-refractivity contribution in [3.63, 3.8) is 0 Å². The van der Waals surface area contributed by atoms with E-state index in [2.05, 4.69) is 4.98 Å². The van der Waals surface area contributed by atoms with Crippen LogP contribution in [-0.4, -0.2) is 66.5 Å². The van der Waals surface area contributed by atoms with Crippen molar-refractivity contribution in [3.8, 4) is 0 Å². The minimum Gasteiger partial charge on any atom is -0.397 e. The van der Waals surface area contributed by atoms with Crippen molar-refractivity contribution in [2.75, 3.05) is 45.6 Å². The van der Waals surface area contributed by atoms with Crippen LogP contribution in [0.3, 0.4) is 0 Å². The quantitative estimate of drug-likeness (QED) is 0.812. The van der Waals surface area contributed by atoms with Crippen molar-refractivity contribution < 1.29 is 14.3 Å². The van der Waals surface area contributed by atoms with Gasteiger partial charge in [0, 0.05) is 33.3 Å². The Labute approximate surface area is 117 Å². The number of carbonyl (C=O) groups is 2. The Kier molecular flexibility index (Phi) is 4.52. The molecule has 0 aliphatic carbocycles. The lowest BCUT2D eigenvalue weighted by Crippen LogP contribution is -2.51. The van der Waals surface area contributed by atoms with Gasteiger partial charge in [-0.25, -0.2) is 4.98 Å². The summed E-state index contributed by atoms with van der Waals surface area (Å²) < 4.78 is 4.82. The smallest absolute Gasteiger partial charge is 0.272 e. The third-order valence-electron chi connectivity index (χ3n) is 3.19. The van der Waals surface area contributed by atoms with Crippen molar-refractivity contribution in [2.45, 2.75) is 0 Å². The van der Waals surface area contributed by atoms with Crippen molar-refractivity contribution in [3.05, 3.63) is 24.0 Å². The lowest BCUT2D eigenvalue weighted by Gasteiger charge is -2.34. The molecule has 2 heterocycles. The lowest BCUT2D eigenvalue weighted by atomic mass is 10.2. The number of nitrogens with zero attached hydrogens (tertiary/aromatic N) is 3. The standard InChI is InChI=1S/C13H18N4O3/c1-20-9-12(18)16-4-6-17(7-5-16)13(19)11-3-2-10(14)8-15-11/h2-3,8H,4-7,9,14H2,1H3. The van der Waals surface area contributed by atoms with Gasteiger partial charge in [-0.15, -0.1) is 0 Å². The average molecular weight is 278 g/mol. The molecular weight excluding hydrogens is 260 g/mol. The van der Waals surface area contributed by atoms with Crippen LogP contribution in [0.25, 0.3) is 0 Å². The zero-order valence-corrected chi connectivity index (χ0v) is 11.4. The summed E-state index contributed by atoms with van der Waals surface area (Å²) in [7, 11) is 1.49. The molecule has 0 atom stereocenters. The van der Waals surface area contributed by atoms with Gasteiger partial charge in [-0.1, -0.05) is 0 Å². The van der Waals surface area contributed by atoms with Gasteiger partial charge in [0.05, 0.1) is 11.9 Å². The first-order valence-corrected chi connectivity index (χ1v) is 6.39. The van der Waals surface area contributed by atoms with Crippen molar-refractivity contribution >= 4 is 17.5 Å². The summed E-state index contributed by atoms with van der Waals surface area (Å²) in [6.07, 6.45) is 1.46. The van der Waals surface area contributed by atoms with Crippen LogP contribution in [0.5, 0.6) is 0 Å². The highest BCUT2D eigenvalue weighted by Crippen LogP contribution is 2.09. The number of aromatic nitrogens is 1. The van der Waals surface area contributed by atoms with Crippen LogP contribution in [0.1, 0.15) is 10.5 Å². The first-order valence-electron chi connectivity index (χ1n) is 6.39. The number of carbonyl (C=O) groups excluding carboxylic acids is 2. The molecule has 0 saturated carbocycles.